The SMILES string of the molecule is Cc1cc(N(C(=O)OC(C)(C)C)C2CC2)cc2c1C(=O)O[C@@H](C)[C@H](C)/C=C\C(=O)[C@H]1OC(C)(C)O[C@H]1C/C=C/2. The maximum atomic E-state index is 13.4. The number of rotatable bonds is 2. The number of carbonyl (C=O) groups excluding carboxylic acids is 3. The van der Waals surface area contributed by atoms with Crippen molar-refractivity contribution in [3.05, 3.63) is 47.1 Å². The Balaban J connectivity index is 1.76. The van der Waals surface area contributed by atoms with Gasteiger partial charge in [-0.15, -0.1) is 0 Å². The molecule has 3 aliphatic rings. The molecule has 0 unspecified atom stereocenters. The molecule has 1 saturated carbocycles. The van der Waals surface area contributed by atoms with Crippen LogP contribution in [0.2, 0.25) is 0 Å². The second-order valence-electron chi connectivity index (χ2n) is 12.3. The second kappa shape index (κ2) is 10.9. The molecule has 1 aromatic carbocycles. The van der Waals surface area contributed by atoms with E-state index in [4.69, 9.17) is 18.9 Å². The fraction of sp³-hybridized carbons (Fsp3) is 0.581. The highest BCUT2D eigenvalue weighted by molar-refractivity contribution is 5.98. The number of anilines is 1. The first kappa shape index (κ1) is 29.0. The molecule has 212 valence electrons. The predicted octanol–water partition coefficient (Wildman–Crippen LogP) is 6.14. The van der Waals surface area contributed by atoms with Crippen LogP contribution in [0.5, 0.6) is 0 Å². The summed E-state index contributed by atoms with van der Waals surface area (Å²) in [5, 5.41) is 0. The fourth-order valence-electron chi connectivity index (χ4n) is 4.86. The van der Waals surface area contributed by atoms with Gasteiger partial charge in [-0.25, -0.2) is 9.59 Å². The normalized spacial score (nSPS) is 28.9. The summed E-state index contributed by atoms with van der Waals surface area (Å²) in [5.74, 6) is -1.73. The molecule has 4 rings (SSSR count). The van der Waals surface area contributed by atoms with E-state index in [0.717, 1.165) is 12.8 Å². The third-order valence-corrected chi connectivity index (χ3v) is 7.06. The van der Waals surface area contributed by atoms with Gasteiger partial charge in [0.2, 0.25) is 0 Å². The minimum Gasteiger partial charge on any atom is -0.458 e. The molecule has 0 N–H and O–H groups in total. The van der Waals surface area contributed by atoms with Gasteiger partial charge in [0.05, 0.1) is 11.7 Å². The molecule has 0 bridgehead atoms. The number of ketones is 1. The number of hydrogen-bond acceptors (Lipinski definition) is 7. The summed E-state index contributed by atoms with van der Waals surface area (Å²) in [4.78, 5) is 41.3. The van der Waals surface area contributed by atoms with E-state index >= 15 is 0 Å². The van der Waals surface area contributed by atoms with Crippen molar-refractivity contribution in [1.82, 2.24) is 0 Å². The van der Waals surface area contributed by atoms with E-state index in [1.165, 1.54) is 6.08 Å². The Morgan fingerprint density at radius 2 is 1.77 bits per heavy atom. The van der Waals surface area contributed by atoms with Crippen LogP contribution >= 0.6 is 0 Å². The molecule has 0 aromatic heterocycles. The number of fused-ring (bicyclic) bond motifs is 2. The van der Waals surface area contributed by atoms with Crippen LogP contribution in [0.4, 0.5) is 10.5 Å². The molecule has 1 saturated heterocycles. The summed E-state index contributed by atoms with van der Waals surface area (Å²) in [6.07, 6.45) is 7.04. The zero-order valence-electron chi connectivity index (χ0n) is 24.3. The van der Waals surface area contributed by atoms with E-state index < -0.39 is 41.8 Å². The molecule has 2 aliphatic heterocycles. The van der Waals surface area contributed by atoms with E-state index in [0.29, 0.717) is 28.8 Å². The van der Waals surface area contributed by atoms with E-state index in [9.17, 15) is 14.4 Å². The molecule has 2 heterocycles. The van der Waals surface area contributed by atoms with Crippen LogP contribution in [0.1, 0.15) is 89.2 Å². The zero-order chi connectivity index (χ0) is 28.7. The van der Waals surface area contributed by atoms with Gasteiger partial charge in [-0.3, -0.25) is 9.69 Å². The van der Waals surface area contributed by atoms with Crippen LogP contribution in [-0.4, -0.2) is 53.6 Å². The molecule has 2 fully saturated rings. The minimum absolute atomic E-state index is 0.0532. The van der Waals surface area contributed by atoms with Gasteiger partial charge in [-0.05, 0) is 97.1 Å². The highest BCUT2D eigenvalue weighted by Crippen LogP contribution is 2.36. The Labute approximate surface area is 231 Å². The Bertz CT molecular complexity index is 1190. The number of aryl methyl sites for hydroxylation is 1. The Morgan fingerprint density at radius 1 is 1.08 bits per heavy atom. The van der Waals surface area contributed by atoms with Crippen LogP contribution in [0.15, 0.2) is 30.4 Å². The number of benzene rings is 1. The maximum absolute atomic E-state index is 13.4. The molecule has 0 spiro atoms. The molecular formula is C31H41NO7. The van der Waals surface area contributed by atoms with Crippen LogP contribution in [0.25, 0.3) is 6.08 Å². The number of cyclic esters (lactones) is 1. The van der Waals surface area contributed by atoms with Gasteiger partial charge in [-0.2, -0.15) is 0 Å². The van der Waals surface area contributed by atoms with Crippen molar-refractivity contribution >= 4 is 29.6 Å². The monoisotopic (exact) mass is 539 g/mol. The molecule has 8 nitrogen and oxygen atoms in total. The average molecular weight is 540 g/mol. The number of esters is 1. The van der Waals surface area contributed by atoms with Crippen molar-refractivity contribution in [2.24, 2.45) is 5.92 Å². The lowest BCUT2D eigenvalue weighted by Gasteiger charge is -2.28. The Kier molecular flexibility index (Phi) is 8.11. The van der Waals surface area contributed by atoms with Gasteiger partial charge in [0.25, 0.3) is 0 Å². The molecule has 1 amide bonds. The molecule has 0 radical (unpaired) electrons. The van der Waals surface area contributed by atoms with Crippen molar-refractivity contribution in [1.29, 1.82) is 0 Å². The highest BCUT2D eigenvalue weighted by Gasteiger charge is 2.44. The van der Waals surface area contributed by atoms with Crippen LogP contribution < -0.4 is 4.90 Å². The largest absolute Gasteiger partial charge is 0.458 e. The van der Waals surface area contributed by atoms with Crippen molar-refractivity contribution in [2.45, 2.75) is 110 Å². The Morgan fingerprint density at radius 3 is 2.41 bits per heavy atom. The first-order chi connectivity index (χ1) is 18.1. The zero-order valence-corrected chi connectivity index (χ0v) is 24.3. The van der Waals surface area contributed by atoms with Crippen LogP contribution in [-0.2, 0) is 23.7 Å². The first-order valence-electron chi connectivity index (χ1n) is 13.8. The fourth-order valence-corrected chi connectivity index (χ4v) is 4.86. The lowest BCUT2D eigenvalue weighted by atomic mass is 9.97. The second-order valence-corrected chi connectivity index (χ2v) is 12.3. The summed E-state index contributed by atoms with van der Waals surface area (Å²) in [6, 6.07) is 3.73. The van der Waals surface area contributed by atoms with Crippen molar-refractivity contribution in [3.8, 4) is 0 Å². The number of amides is 1. The molecule has 1 aliphatic carbocycles. The molecule has 1 aromatic rings. The summed E-state index contributed by atoms with van der Waals surface area (Å²) in [7, 11) is 0. The Hall–Kier alpha value is -2.97. The summed E-state index contributed by atoms with van der Waals surface area (Å²) >= 11 is 0. The summed E-state index contributed by atoms with van der Waals surface area (Å²) < 4.78 is 23.6. The van der Waals surface area contributed by atoms with Gasteiger partial charge in [0.15, 0.2) is 11.6 Å². The van der Waals surface area contributed by atoms with E-state index in [1.54, 1.807) is 31.7 Å². The predicted molar refractivity (Wildman–Crippen MR) is 149 cm³/mol. The van der Waals surface area contributed by atoms with Crippen molar-refractivity contribution in [2.75, 3.05) is 4.90 Å². The first-order valence-corrected chi connectivity index (χ1v) is 13.8. The smallest absolute Gasteiger partial charge is 0.415 e. The lowest BCUT2D eigenvalue weighted by Crippen LogP contribution is -2.38. The average Bonchev–Trinajstić information content (AvgIpc) is 3.57. The number of ether oxygens (including phenoxy) is 4. The van der Waals surface area contributed by atoms with Crippen molar-refractivity contribution in [3.63, 3.8) is 0 Å². The third kappa shape index (κ3) is 6.97. The van der Waals surface area contributed by atoms with Crippen LogP contribution in [0.3, 0.4) is 0 Å². The molecule has 8 heteroatoms. The number of nitrogens with zero attached hydrogens (tertiary/aromatic N) is 1. The van der Waals surface area contributed by atoms with Gasteiger partial charge in [0.1, 0.15) is 17.8 Å². The third-order valence-electron chi connectivity index (χ3n) is 7.06. The summed E-state index contributed by atoms with van der Waals surface area (Å²) in [6.45, 7) is 14.7. The van der Waals surface area contributed by atoms with Gasteiger partial charge in [-0.1, -0.05) is 25.2 Å². The lowest BCUT2D eigenvalue weighted by molar-refractivity contribution is -0.152. The van der Waals surface area contributed by atoms with E-state index in [1.807, 2.05) is 58.9 Å². The van der Waals surface area contributed by atoms with Crippen LogP contribution in [0, 0.1) is 12.8 Å². The van der Waals surface area contributed by atoms with Gasteiger partial charge >= 0.3 is 12.1 Å². The number of carbonyl (C=O) groups is 3. The minimum atomic E-state index is -0.890. The highest BCUT2D eigenvalue weighted by atomic mass is 16.8. The topological polar surface area (TPSA) is 91.4 Å². The maximum Gasteiger partial charge on any atom is 0.415 e. The van der Waals surface area contributed by atoms with E-state index in [-0.39, 0.29) is 17.7 Å². The van der Waals surface area contributed by atoms with Gasteiger partial charge < -0.3 is 18.9 Å². The van der Waals surface area contributed by atoms with Gasteiger partial charge in [0, 0.05) is 17.6 Å². The standard InChI is InChI=1S/C31H41NO7/c1-18-12-15-24(33)27-25(37-31(7,8)38-27)11-9-10-21-17-23(16-19(2)26(21)28(34)36-20(18)3)32(22-13-14-22)29(35)39-30(4,5)6/h9-10,12,15-18,20,22,25,27H,11,13-14H2,1-8H3/b10-9+,15-12-/t18-,20+,25+,27-/m1/s1. The quantitative estimate of drug-likeness (QED) is 0.417. The van der Waals surface area contributed by atoms with E-state index in [2.05, 4.69) is 0 Å². The summed E-state index contributed by atoms with van der Waals surface area (Å²) in [5.41, 5.74) is 1.79. The number of hydrogen-bond donors (Lipinski definition) is 0. The molecular weight excluding hydrogens is 498 g/mol. The molecule has 4 atom stereocenters. The van der Waals surface area contributed by atoms with Crippen molar-refractivity contribution < 1.29 is 33.3 Å². The molecule has 39 heavy (non-hydrogen) atoms.